The molecule has 50 valence electrons. The van der Waals surface area contributed by atoms with Crippen LogP contribution in [0.4, 0.5) is 0 Å². The maximum atomic E-state index is 8.14. The fraction of sp³-hybridized carbons (Fsp3) is 0.714. The van der Waals surface area contributed by atoms with Crippen LogP contribution in [0.1, 0.15) is 27.2 Å². The van der Waals surface area contributed by atoms with Gasteiger partial charge in [0.15, 0.2) is 0 Å². The van der Waals surface area contributed by atoms with E-state index in [0.717, 1.165) is 12.1 Å². The highest BCUT2D eigenvalue weighted by Crippen LogP contribution is 2.02. The second-order valence-corrected chi connectivity index (χ2v) is 2.16. The van der Waals surface area contributed by atoms with E-state index in [0.29, 0.717) is 5.92 Å². The van der Waals surface area contributed by atoms with Crippen LogP contribution in [0.5, 0.6) is 0 Å². The summed E-state index contributed by atoms with van der Waals surface area (Å²) in [6.07, 6.45) is 2.82. The van der Waals surface area contributed by atoms with Gasteiger partial charge in [0.05, 0.1) is 0 Å². The van der Waals surface area contributed by atoms with Crippen molar-refractivity contribution in [3.63, 3.8) is 0 Å². The van der Waals surface area contributed by atoms with E-state index in [2.05, 4.69) is 18.8 Å². The van der Waals surface area contributed by atoms with Gasteiger partial charge in [-0.1, -0.05) is 13.8 Å². The van der Waals surface area contributed by atoms with Gasteiger partial charge in [0, 0.05) is 5.71 Å². The summed E-state index contributed by atoms with van der Waals surface area (Å²) in [5.74, 6) is 0.449. The summed E-state index contributed by atoms with van der Waals surface area (Å²) in [7, 11) is 0. The highest BCUT2D eigenvalue weighted by atomic mass is 14.7. The van der Waals surface area contributed by atoms with Crippen molar-refractivity contribution < 1.29 is 0 Å². The summed E-state index contributed by atoms with van der Waals surface area (Å²) in [6, 6.07) is 0. The maximum Gasteiger partial charge on any atom is 0.205 e. The average molecular weight is 124 g/mol. The monoisotopic (exact) mass is 124 g/mol. The molecule has 0 saturated carbocycles. The van der Waals surface area contributed by atoms with E-state index >= 15 is 0 Å². The molecule has 1 unspecified atom stereocenters. The van der Waals surface area contributed by atoms with Gasteiger partial charge >= 0.3 is 0 Å². The van der Waals surface area contributed by atoms with Gasteiger partial charge in [-0.3, -0.25) is 0 Å². The molecular formula is C7H12N2. The molecule has 0 saturated heterocycles. The van der Waals surface area contributed by atoms with E-state index in [9.17, 15) is 0 Å². The van der Waals surface area contributed by atoms with Gasteiger partial charge in [-0.05, 0) is 19.3 Å². The van der Waals surface area contributed by atoms with Crippen LogP contribution in [0.15, 0.2) is 4.99 Å². The minimum absolute atomic E-state index is 0.449. The van der Waals surface area contributed by atoms with Gasteiger partial charge in [-0.2, -0.15) is 10.3 Å². The Morgan fingerprint density at radius 1 is 1.78 bits per heavy atom. The molecule has 9 heavy (non-hydrogen) atoms. The van der Waals surface area contributed by atoms with Crippen molar-refractivity contribution in [1.29, 1.82) is 5.26 Å². The van der Waals surface area contributed by atoms with E-state index in [1.807, 2.05) is 6.92 Å². The Morgan fingerprint density at radius 2 is 2.33 bits per heavy atom. The SMILES string of the molecule is CCC(C)C(C)=NC#N. The van der Waals surface area contributed by atoms with E-state index in [1.165, 1.54) is 0 Å². The standard InChI is InChI=1S/C7H12N2/c1-4-6(2)7(3)9-5-8/h6H,4H2,1-3H3. The van der Waals surface area contributed by atoms with Gasteiger partial charge < -0.3 is 0 Å². The fourth-order valence-corrected chi connectivity index (χ4v) is 0.484. The van der Waals surface area contributed by atoms with Crippen LogP contribution in [0.2, 0.25) is 0 Å². The van der Waals surface area contributed by atoms with Gasteiger partial charge in [0.25, 0.3) is 0 Å². The predicted molar refractivity (Wildman–Crippen MR) is 38.2 cm³/mol. The Labute approximate surface area is 56.2 Å². The minimum Gasteiger partial charge on any atom is -0.183 e. The molecule has 0 radical (unpaired) electrons. The van der Waals surface area contributed by atoms with Crippen LogP contribution < -0.4 is 0 Å². The minimum atomic E-state index is 0.449. The quantitative estimate of drug-likeness (QED) is 0.409. The second kappa shape index (κ2) is 4.08. The Bertz CT molecular complexity index is 141. The van der Waals surface area contributed by atoms with Crippen molar-refractivity contribution in [2.24, 2.45) is 10.9 Å². The zero-order valence-corrected chi connectivity index (χ0v) is 6.18. The molecular weight excluding hydrogens is 112 g/mol. The molecule has 0 aromatic carbocycles. The first-order chi connectivity index (χ1) is 4.22. The van der Waals surface area contributed by atoms with Gasteiger partial charge in [-0.15, -0.1) is 0 Å². The maximum absolute atomic E-state index is 8.14. The topological polar surface area (TPSA) is 36.1 Å². The molecule has 0 spiro atoms. The molecule has 1 atom stereocenters. The Kier molecular flexibility index (Phi) is 3.70. The van der Waals surface area contributed by atoms with E-state index < -0.39 is 0 Å². The largest absolute Gasteiger partial charge is 0.205 e. The van der Waals surface area contributed by atoms with E-state index in [1.54, 1.807) is 6.19 Å². The van der Waals surface area contributed by atoms with Gasteiger partial charge in [-0.25, -0.2) is 0 Å². The zero-order chi connectivity index (χ0) is 7.28. The number of aliphatic imine (C=N–C) groups is 1. The number of nitriles is 1. The zero-order valence-electron chi connectivity index (χ0n) is 6.18. The lowest BCUT2D eigenvalue weighted by Gasteiger charge is -2.03. The lowest BCUT2D eigenvalue weighted by Crippen LogP contribution is -2.04. The third-order valence-electron chi connectivity index (χ3n) is 1.55. The molecule has 0 aliphatic carbocycles. The molecule has 0 rings (SSSR count). The van der Waals surface area contributed by atoms with E-state index in [4.69, 9.17) is 5.26 Å². The van der Waals surface area contributed by atoms with Crippen LogP contribution in [0, 0.1) is 17.4 Å². The summed E-state index contributed by atoms with van der Waals surface area (Å²) in [6.45, 7) is 6.04. The summed E-state index contributed by atoms with van der Waals surface area (Å²) in [5, 5.41) is 8.14. The van der Waals surface area contributed by atoms with Crippen molar-refractivity contribution in [3.8, 4) is 6.19 Å². The fourth-order valence-electron chi connectivity index (χ4n) is 0.484. The predicted octanol–water partition coefficient (Wildman–Crippen LogP) is 1.97. The molecule has 0 aliphatic rings. The average Bonchev–Trinajstić information content (AvgIpc) is 1.87. The molecule has 0 bridgehead atoms. The normalized spacial score (nSPS) is 14.7. The first kappa shape index (κ1) is 8.16. The number of rotatable bonds is 2. The highest BCUT2D eigenvalue weighted by Gasteiger charge is 2.00. The molecule has 0 aromatic rings. The summed E-state index contributed by atoms with van der Waals surface area (Å²) in [4.78, 5) is 3.62. The molecule has 0 aromatic heterocycles. The highest BCUT2D eigenvalue weighted by molar-refractivity contribution is 5.84. The summed E-state index contributed by atoms with van der Waals surface area (Å²) < 4.78 is 0. The molecule has 0 aliphatic heterocycles. The van der Waals surface area contributed by atoms with Gasteiger partial charge in [0.2, 0.25) is 6.19 Å². The summed E-state index contributed by atoms with van der Waals surface area (Å²) in [5.41, 5.74) is 0.931. The molecule has 2 nitrogen and oxygen atoms in total. The van der Waals surface area contributed by atoms with Crippen molar-refractivity contribution in [3.05, 3.63) is 0 Å². The first-order valence-electron chi connectivity index (χ1n) is 3.15. The van der Waals surface area contributed by atoms with Crippen LogP contribution in [0.3, 0.4) is 0 Å². The van der Waals surface area contributed by atoms with E-state index in [-0.39, 0.29) is 0 Å². The van der Waals surface area contributed by atoms with Crippen LogP contribution in [-0.4, -0.2) is 5.71 Å². The molecule has 0 N–H and O–H groups in total. The Balaban J connectivity index is 3.89. The lowest BCUT2D eigenvalue weighted by molar-refractivity contribution is 0.736. The van der Waals surface area contributed by atoms with Crippen molar-refractivity contribution in [1.82, 2.24) is 0 Å². The van der Waals surface area contributed by atoms with Crippen molar-refractivity contribution >= 4 is 5.71 Å². The lowest BCUT2D eigenvalue weighted by atomic mass is 10.0. The van der Waals surface area contributed by atoms with Crippen LogP contribution in [-0.2, 0) is 0 Å². The van der Waals surface area contributed by atoms with Crippen molar-refractivity contribution in [2.45, 2.75) is 27.2 Å². The number of hydrogen-bond donors (Lipinski definition) is 0. The Hall–Kier alpha value is -0.840. The van der Waals surface area contributed by atoms with Crippen LogP contribution in [0.25, 0.3) is 0 Å². The number of hydrogen-bond acceptors (Lipinski definition) is 2. The molecule has 0 fully saturated rings. The molecule has 0 amide bonds. The second-order valence-electron chi connectivity index (χ2n) is 2.16. The van der Waals surface area contributed by atoms with Crippen LogP contribution >= 0.6 is 0 Å². The smallest absolute Gasteiger partial charge is 0.183 e. The summed E-state index contributed by atoms with van der Waals surface area (Å²) >= 11 is 0. The molecule has 2 heteroatoms. The van der Waals surface area contributed by atoms with Crippen molar-refractivity contribution in [2.75, 3.05) is 0 Å². The third-order valence-corrected chi connectivity index (χ3v) is 1.55. The Morgan fingerprint density at radius 3 is 2.67 bits per heavy atom. The van der Waals surface area contributed by atoms with Gasteiger partial charge in [0.1, 0.15) is 0 Å². The molecule has 0 heterocycles. The number of nitrogens with zero attached hydrogens (tertiary/aromatic N) is 2. The first-order valence-corrected chi connectivity index (χ1v) is 3.15. The third kappa shape index (κ3) is 2.86.